The Balaban J connectivity index is 2.75. The summed E-state index contributed by atoms with van der Waals surface area (Å²) in [4.78, 5) is 11.1. The molecule has 0 spiro atoms. The average Bonchev–Trinajstić information content (AvgIpc) is 2.81. The van der Waals surface area contributed by atoms with E-state index < -0.39 is 5.97 Å². The maximum atomic E-state index is 11.1. The Labute approximate surface area is 91.9 Å². The summed E-state index contributed by atoms with van der Waals surface area (Å²) in [6.45, 7) is 0. The molecule has 1 aromatic heterocycles. The summed E-state index contributed by atoms with van der Waals surface area (Å²) in [5.74, 6) is 1.47. The van der Waals surface area contributed by atoms with E-state index in [-0.39, 0.29) is 5.56 Å². The van der Waals surface area contributed by atoms with E-state index in [1.54, 1.807) is 24.5 Å². The summed E-state index contributed by atoms with van der Waals surface area (Å²) >= 11 is 0. The van der Waals surface area contributed by atoms with Gasteiger partial charge in [0.05, 0.1) is 11.8 Å². The molecular weight excluding hydrogens is 204 g/mol. The van der Waals surface area contributed by atoms with Crippen molar-refractivity contribution in [3.63, 3.8) is 0 Å². The van der Waals surface area contributed by atoms with Gasteiger partial charge < -0.3 is 5.11 Å². The Morgan fingerprint density at radius 3 is 2.88 bits per heavy atom. The topological polar surface area (TPSA) is 66.0 Å². The number of carboxylic acids is 1. The molecule has 0 fully saturated rings. The van der Waals surface area contributed by atoms with Crippen molar-refractivity contribution in [3.8, 4) is 23.5 Å². The zero-order valence-corrected chi connectivity index (χ0v) is 8.27. The fourth-order valence-corrected chi connectivity index (χ4v) is 1.55. The van der Waals surface area contributed by atoms with E-state index in [0.29, 0.717) is 16.7 Å². The second kappa shape index (κ2) is 3.91. The first-order valence-corrected chi connectivity index (χ1v) is 4.56. The lowest BCUT2D eigenvalue weighted by atomic mass is 9.97. The Kier molecular flexibility index (Phi) is 2.44. The minimum Gasteiger partial charge on any atom is -0.478 e. The van der Waals surface area contributed by atoms with Crippen LogP contribution in [-0.2, 0) is 0 Å². The summed E-state index contributed by atoms with van der Waals surface area (Å²) in [5.41, 5.74) is 1.91. The van der Waals surface area contributed by atoms with E-state index in [1.807, 2.05) is 0 Å². The van der Waals surface area contributed by atoms with E-state index in [9.17, 15) is 4.79 Å². The van der Waals surface area contributed by atoms with Crippen LogP contribution in [0, 0.1) is 12.3 Å². The van der Waals surface area contributed by atoms with Crippen LogP contribution in [0.5, 0.6) is 0 Å². The van der Waals surface area contributed by atoms with Gasteiger partial charge in [-0.2, -0.15) is 5.10 Å². The van der Waals surface area contributed by atoms with Gasteiger partial charge >= 0.3 is 5.97 Å². The number of nitrogens with one attached hydrogen (secondary N) is 1. The largest absolute Gasteiger partial charge is 0.478 e. The Bertz CT molecular complexity index is 565. The molecule has 0 saturated carbocycles. The van der Waals surface area contributed by atoms with Gasteiger partial charge in [-0.3, -0.25) is 5.10 Å². The predicted molar refractivity (Wildman–Crippen MR) is 58.9 cm³/mol. The maximum Gasteiger partial charge on any atom is 0.336 e. The lowest BCUT2D eigenvalue weighted by molar-refractivity contribution is 0.0697. The van der Waals surface area contributed by atoms with Crippen molar-refractivity contribution in [2.45, 2.75) is 0 Å². The second-order valence-corrected chi connectivity index (χ2v) is 3.16. The van der Waals surface area contributed by atoms with Crippen molar-refractivity contribution in [1.82, 2.24) is 10.2 Å². The molecule has 0 radical (unpaired) electrons. The first-order valence-electron chi connectivity index (χ1n) is 4.56. The third-order valence-electron chi connectivity index (χ3n) is 2.24. The van der Waals surface area contributed by atoms with Crippen LogP contribution in [0.3, 0.4) is 0 Å². The number of carboxylic acid groups (broad SMARTS) is 1. The minimum absolute atomic E-state index is 0.178. The monoisotopic (exact) mass is 212 g/mol. The number of hydrogen-bond acceptors (Lipinski definition) is 2. The SMILES string of the molecule is C#Cc1cccc(C(=O)O)c1-c1cn[nH]c1. The fourth-order valence-electron chi connectivity index (χ4n) is 1.55. The second-order valence-electron chi connectivity index (χ2n) is 3.16. The summed E-state index contributed by atoms with van der Waals surface area (Å²) in [6.07, 6.45) is 8.51. The number of rotatable bonds is 2. The van der Waals surface area contributed by atoms with Crippen LogP contribution in [0.15, 0.2) is 30.6 Å². The van der Waals surface area contributed by atoms with E-state index in [0.717, 1.165) is 0 Å². The molecule has 1 aromatic carbocycles. The van der Waals surface area contributed by atoms with Crippen molar-refractivity contribution in [2.24, 2.45) is 0 Å². The number of nitrogens with zero attached hydrogens (tertiary/aromatic N) is 1. The number of carbonyl (C=O) groups is 1. The molecule has 0 atom stereocenters. The zero-order valence-electron chi connectivity index (χ0n) is 8.27. The molecule has 0 bridgehead atoms. The van der Waals surface area contributed by atoms with Gasteiger partial charge in [-0.05, 0) is 12.1 Å². The van der Waals surface area contributed by atoms with Crippen molar-refractivity contribution >= 4 is 5.97 Å². The summed E-state index contributed by atoms with van der Waals surface area (Å²) < 4.78 is 0. The first-order chi connectivity index (χ1) is 7.74. The number of aromatic amines is 1. The van der Waals surface area contributed by atoms with Gasteiger partial charge in [-0.25, -0.2) is 4.79 Å². The molecule has 0 unspecified atom stereocenters. The molecule has 0 aliphatic heterocycles. The van der Waals surface area contributed by atoms with Crippen LogP contribution in [-0.4, -0.2) is 21.3 Å². The number of H-pyrrole nitrogens is 1. The van der Waals surface area contributed by atoms with Gasteiger partial charge in [0, 0.05) is 22.9 Å². The standard InChI is InChI=1S/C12H8N2O2/c1-2-8-4-3-5-10(12(15)16)11(8)9-6-13-14-7-9/h1,3-7H,(H,13,14)(H,15,16). The molecule has 0 aliphatic rings. The summed E-state index contributed by atoms with van der Waals surface area (Å²) in [7, 11) is 0. The summed E-state index contributed by atoms with van der Waals surface area (Å²) in [5, 5.41) is 15.5. The van der Waals surface area contributed by atoms with E-state index in [2.05, 4.69) is 16.1 Å². The van der Waals surface area contributed by atoms with E-state index in [1.165, 1.54) is 6.07 Å². The molecule has 16 heavy (non-hydrogen) atoms. The van der Waals surface area contributed by atoms with Crippen LogP contribution < -0.4 is 0 Å². The molecule has 1 heterocycles. The zero-order chi connectivity index (χ0) is 11.5. The third kappa shape index (κ3) is 1.55. The van der Waals surface area contributed by atoms with Crippen LogP contribution in [0.25, 0.3) is 11.1 Å². The third-order valence-corrected chi connectivity index (χ3v) is 2.24. The number of aromatic nitrogens is 2. The molecule has 78 valence electrons. The Morgan fingerprint density at radius 1 is 1.50 bits per heavy atom. The van der Waals surface area contributed by atoms with Gasteiger partial charge in [-0.1, -0.05) is 12.0 Å². The highest BCUT2D eigenvalue weighted by Gasteiger charge is 2.15. The quantitative estimate of drug-likeness (QED) is 0.745. The minimum atomic E-state index is -1.01. The molecule has 0 aliphatic carbocycles. The van der Waals surface area contributed by atoms with Crippen LogP contribution in [0.2, 0.25) is 0 Å². The molecule has 2 rings (SSSR count). The molecule has 2 aromatic rings. The van der Waals surface area contributed by atoms with Crippen LogP contribution in [0.1, 0.15) is 15.9 Å². The normalized spacial score (nSPS) is 9.69. The van der Waals surface area contributed by atoms with Crippen LogP contribution in [0.4, 0.5) is 0 Å². The van der Waals surface area contributed by atoms with E-state index in [4.69, 9.17) is 11.5 Å². The van der Waals surface area contributed by atoms with Crippen molar-refractivity contribution in [2.75, 3.05) is 0 Å². The molecule has 2 N–H and O–H groups in total. The number of aromatic carboxylic acids is 1. The van der Waals surface area contributed by atoms with Crippen molar-refractivity contribution in [1.29, 1.82) is 0 Å². The average molecular weight is 212 g/mol. The van der Waals surface area contributed by atoms with Crippen molar-refractivity contribution < 1.29 is 9.90 Å². The van der Waals surface area contributed by atoms with Crippen molar-refractivity contribution in [3.05, 3.63) is 41.7 Å². The van der Waals surface area contributed by atoms with Gasteiger partial charge in [-0.15, -0.1) is 6.42 Å². The lowest BCUT2D eigenvalue weighted by Crippen LogP contribution is -2.00. The number of benzene rings is 1. The highest BCUT2D eigenvalue weighted by atomic mass is 16.4. The summed E-state index contributed by atoms with van der Waals surface area (Å²) in [6, 6.07) is 4.85. The van der Waals surface area contributed by atoms with Gasteiger partial charge in [0.1, 0.15) is 0 Å². The highest BCUT2D eigenvalue weighted by molar-refractivity contribution is 5.97. The van der Waals surface area contributed by atoms with Gasteiger partial charge in [0.25, 0.3) is 0 Å². The Hall–Kier alpha value is -2.54. The first kappa shape index (κ1) is 9.99. The maximum absolute atomic E-state index is 11.1. The predicted octanol–water partition coefficient (Wildman–Crippen LogP) is 1.76. The molecular formula is C12H8N2O2. The molecule has 0 saturated heterocycles. The lowest BCUT2D eigenvalue weighted by Gasteiger charge is -2.06. The van der Waals surface area contributed by atoms with Gasteiger partial charge in [0.15, 0.2) is 0 Å². The fraction of sp³-hybridized carbons (Fsp3) is 0. The molecule has 4 heteroatoms. The van der Waals surface area contributed by atoms with Gasteiger partial charge in [0.2, 0.25) is 0 Å². The number of terminal acetylenes is 1. The Morgan fingerprint density at radius 2 is 2.31 bits per heavy atom. The number of hydrogen-bond donors (Lipinski definition) is 2. The molecule has 0 amide bonds. The smallest absolute Gasteiger partial charge is 0.336 e. The highest BCUT2D eigenvalue weighted by Crippen LogP contribution is 2.26. The van der Waals surface area contributed by atoms with E-state index >= 15 is 0 Å². The van der Waals surface area contributed by atoms with Crippen LogP contribution >= 0.6 is 0 Å². The molecule has 4 nitrogen and oxygen atoms in total.